The van der Waals surface area contributed by atoms with Crippen molar-refractivity contribution in [3.63, 3.8) is 0 Å². The maximum atomic E-state index is 12.5. The lowest BCUT2D eigenvalue weighted by Crippen LogP contribution is -2.37. The molecular formula is C16H22N6OS. The first kappa shape index (κ1) is 16.8. The Kier molecular flexibility index (Phi) is 5.06. The second-order valence-corrected chi connectivity index (χ2v) is 7.07. The molecule has 1 amide bonds. The van der Waals surface area contributed by atoms with Crippen LogP contribution in [-0.2, 0) is 4.79 Å². The van der Waals surface area contributed by atoms with Crippen molar-refractivity contribution in [2.45, 2.75) is 25.8 Å². The van der Waals surface area contributed by atoms with E-state index >= 15 is 0 Å². The Morgan fingerprint density at radius 1 is 1.46 bits per heavy atom. The lowest BCUT2D eigenvalue weighted by atomic mass is 10.1. The molecule has 2 aromatic rings. The molecule has 0 saturated carbocycles. The quantitative estimate of drug-likeness (QED) is 0.895. The van der Waals surface area contributed by atoms with Gasteiger partial charge in [-0.1, -0.05) is 0 Å². The van der Waals surface area contributed by atoms with Crippen molar-refractivity contribution in [2.75, 3.05) is 32.5 Å². The van der Waals surface area contributed by atoms with Gasteiger partial charge >= 0.3 is 0 Å². The van der Waals surface area contributed by atoms with E-state index < -0.39 is 0 Å². The van der Waals surface area contributed by atoms with Crippen LogP contribution in [0.25, 0.3) is 0 Å². The highest BCUT2D eigenvalue weighted by Crippen LogP contribution is 2.32. The Bertz CT molecular complexity index is 703. The van der Waals surface area contributed by atoms with Gasteiger partial charge in [0.05, 0.1) is 18.3 Å². The largest absolute Gasteiger partial charge is 0.333 e. The van der Waals surface area contributed by atoms with Crippen molar-refractivity contribution in [1.29, 1.82) is 0 Å². The molecule has 0 radical (unpaired) electrons. The van der Waals surface area contributed by atoms with Crippen LogP contribution in [0.4, 0.5) is 10.9 Å². The van der Waals surface area contributed by atoms with E-state index in [2.05, 4.69) is 20.3 Å². The zero-order valence-corrected chi connectivity index (χ0v) is 15.0. The standard InChI is InChI=1S/C16H22N6OS/c1-11-18-12(9-14(19-11)20-16-17-6-8-24-16)13-5-4-7-22(13)15(23)10-21(2)3/h6,8-9,13H,4-5,7,10H2,1-3H3,(H,17,18,19,20). The van der Waals surface area contributed by atoms with Crippen LogP contribution in [0.15, 0.2) is 17.6 Å². The van der Waals surface area contributed by atoms with Gasteiger partial charge in [-0.3, -0.25) is 4.79 Å². The number of amides is 1. The van der Waals surface area contributed by atoms with E-state index in [1.165, 1.54) is 11.3 Å². The second-order valence-electron chi connectivity index (χ2n) is 6.17. The summed E-state index contributed by atoms with van der Waals surface area (Å²) in [5, 5.41) is 5.92. The van der Waals surface area contributed by atoms with E-state index in [9.17, 15) is 4.79 Å². The number of aromatic nitrogens is 3. The lowest BCUT2D eigenvalue weighted by molar-refractivity contribution is -0.132. The van der Waals surface area contributed by atoms with E-state index in [4.69, 9.17) is 0 Å². The van der Waals surface area contributed by atoms with Crippen molar-refractivity contribution < 1.29 is 4.79 Å². The summed E-state index contributed by atoms with van der Waals surface area (Å²) in [4.78, 5) is 29.6. The van der Waals surface area contributed by atoms with Gasteiger partial charge in [0, 0.05) is 24.2 Å². The van der Waals surface area contributed by atoms with Crippen molar-refractivity contribution in [2.24, 2.45) is 0 Å². The molecule has 0 aliphatic carbocycles. The molecule has 8 heteroatoms. The predicted molar refractivity (Wildman–Crippen MR) is 94.4 cm³/mol. The van der Waals surface area contributed by atoms with Gasteiger partial charge in [-0.05, 0) is 33.9 Å². The molecule has 1 unspecified atom stereocenters. The van der Waals surface area contributed by atoms with Crippen LogP contribution in [0.2, 0.25) is 0 Å². The third-order valence-corrected chi connectivity index (χ3v) is 4.58. The first-order valence-corrected chi connectivity index (χ1v) is 8.87. The summed E-state index contributed by atoms with van der Waals surface area (Å²) in [5.74, 6) is 1.56. The van der Waals surface area contributed by atoms with Crippen LogP contribution in [0, 0.1) is 6.92 Å². The van der Waals surface area contributed by atoms with Crippen molar-refractivity contribution >= 4 is 28.2 Å². The highest BCUT2D eigenvalue weighted by molar-refractivity contribution is 7.13. The fourth-order valence-corrected chi connectivity index (χ4v) is 3.49. The molecule has 128 valence electrons. The molecule has 0 aromatic carbocycles. The maximum absolute atomic E-state index is 12.5. The smallest absolute Gasteiger partial charge is 0.237 e. The van der Waals surface area contributed by atoms with Crippen molar-refractivity contribution in [3.8, 4) is 0 Å². The Balaban J connectivity index is 1.82. The van der Waals surface area contributed by atoms with Crippen LogP contribution >= 0.6 is 11.3 Å². The number of likely N-dealkylation sites (tertiary alicyclic amines) is 1. The summed E-state index contributed by atoms with van der Waals surface area (Å²) in [6, 6.07) is 1.95. The number of thiazole rings is 1. The minimum atomic E-state index is 0.0241. The van der Waals surface area contributed by atoms with E-state index in [1.54, 1.807) is 6.20 Å². The summed E-state index contributed by atoms with van der Waals surface area (Å²) < 4.78 is 0. The number of carbonyl (C=O) groups is 1. The average Bonchev–Trinajstić information content (AvgIpc) is 3.16. The molecule has 24 heavy (non-hydrogen) atoms. The highest BCUT2D eigenvalue weighted by atomic mass is 32.1. The Labute approximate surface area is 145 Å². The monoisotopic (exact) mass is 346 g/mol. The van der Waals surface area contributed by atoms with Gasteiger partial charge in [-0.2, -0.15) is 0 Å². The van der Waals surface area contributed by atoms with E-state index in [-0.39, 0.29) is 11.9 Å². The van der Waals surface area contributed by atoms with Crippen LogP contribution in [-0.4, -0.2) is 57.8 Å². The van der Waals surface area contributed by atoms with Crippen LogP contribution in [0.5, 0.6) is 0 Å². The second kappa shape index (κ2) is 7.23. The summed E-state index contributed by atoms with van der Waals surface area (Å²) in [6.45, 7) is 3.08. The number of likely N-dealkylation sites (N-methyl/N-ethyl adjacent to an activating group) is 1. The average molecular weight is 346 g/mol. The van der Waals surface area contributed by atoms with E-state index in [1.807, 2.05) is 42.3 Å². The molecule has 1 N–H and O–H groups in total. The normalized spacial score (nSPS) is 17.5. The number of aryl methyl sites for hydroxylation is 1. The molecule has 0 bridgehead atoms. The molecule has 3 rings (SSSR count). The Hall–Kier alpha value is -2.06. The number of nitrogens with zero attached hydrogens (tertiary/aromatic N) is 5. The number of hydrogen-bond donors (Lipinski definition) is 1. The minimum Gasteiger partial charge on any atom is -0.333 e. The third-order valence-electron chi connectivity index (χ3n) is 3.89. The predicted octanol–water partition coefficient (Wildman–Crippen LogP) is 2.21. The van der Waals surface area contributed by atoms with Crippen molar-refractivity contribution in [1.82, 2.24) is 24.8 Å². The van der Waals surface area contributed by atoms with Crippen LogP contribution in [0.1, 0.15) is 30.4 Å². The third kappa shape index (κ3) is 3.88. The number of anilines is 2. The van der Waals surface area contributed by atoms with E-state index in [0.29, 0.717) is 12.4 Å². The zero-order chi connectivity index (χ0) is 17.1. The summed E-state index contributed by atoms with van der Waals surface area (Å²) in [7, 11) is 3.82. The number of carbonyl (C=O) groups excluding carboxylic acids is 1. The summed E-state index contributed by atoms with van der Waals surface area (Å²) in [5.41, 5.74) is 0.895. The topological polar surface area (TPSA) is 74.2 Å². The SMILES string of the molecule is Cc1nc(Nc2nccs2)cc(C2CCCN2C(=O)CN(C)C)n1. The zero-order valence-electron chi connectivity index (χ0n) is 14.2. The molecule has 1 aliphatic rings. The molecule has 0 spiro atoms. The Morgan fingerprint density at radius 2 is 2.29 bits per heavy atom. The summed E-state index contributed by atoms with van der Waals surface area (Å²) >= 11 is 1.52. The maximum Gasteiger partial charge on any atom is 0.237 e. The molecule has 2 aromatic heterocycles. The minimum absolute atomic E-state index is 0.0241. The molecule has 1 atom stereocenters. The van der Waals surface area contributed by atoms with E-state index in [0.717, 1.165) is 36.0 Å². The van der Waals surface area contributed by atoms with Gasteiger partial charge < -0.3 is 15.1 Å². The molecule has 1 saturated heterocycles. The molecule has 3 heterocycles. The van der Waals surface area contributed by atoms with Crippen LogP contribution in [0.3, 0.4) is 0 Å². The fraction of sp³-hybridized carbons (Fsp3) is 0.500. The van der Waals surface area contributed by atoms with Crippen LogP contribution < -0.4 is 5.32 Å². The van der Waals surface area contributed by atoms with Gasteiger partial charge in [0.15, 0.2) is 5.13 Å². The molecule has 1 fully saturated rings. The molecule has 1 aliphatic heterocycles. The van der Waals surface area contributed by atoms with Gasteiger partial charge in [-0.15, -0.1) is 11.3 Å². The van der Waals surface area contributed by atoms with Gasteiger partial charge in [0.25, 0.3) is 0 Å². The van der Waals surface area contributed by atoms with Gasteiger partial charge in [-0.25, -0.2) is 15.0 Å². The van der Waals surface area contributed by atoms with Gasteiger partial charge in [0.1, 0.15) is 11.6 Å². The first-order chi connectivity index (χ1) is 11.5. The number of nitrogens with one attached hydrogen (secondary N) is 1. The number of rotatable bonds is 5. The molecule has 7 nitrogen and oxygen atoms in total. The van der Waals surface area contributed by atoms with Crippen molar-refractivity contribution in [3.05, 3.63) is 29.2 Å². The van der Waals surface area contributed by atoms with Gasteiger partial charge in [0.2, 0.25) is 5.91 Å². The highest BCUT2D eigenvalue weighted by Gasteiger charge is 2.31. The number of hydrogen-bond acceptors (Lipinski definition) is 7. The fourth-order valence-electron chi connectivity index (χ4n) is 2.95. The lowest BCUT2D eigenvalue weighted by Gasteiger charge is -2.26. The molecular weight excluding hydrogens is 324 g/mol. The Morgan fingerprint density at radius 3 is 3.00 bits per heavy atom. The first-order valence-electron chi connectivity index (χ1n) is 7.99. The summed E-state index contributed by atoms with van der Waals surface area (Å²) in [6.07, 6.45) is 3.69.